The van der Waals surface area contributed by atoms with Gasteiger partial charge in [-0.1, -0.05) is 0 Å². The average Bonchev–Trinajstić information content (AvgIpc) is 2.43. The average molecular weight is 286 g/mol. The molecule has 0 atom stereocenters. The van der Waals surface area contributed by atoms with Gasteiger partial charge in [-0.2, -0.15) is 0 Å². The minimum atomic E-state index is 0.681. The predicted molar refractivity (Wildman–Crippen MR) is 82.8 cm³/mol. The fourth-order valence-corrected chi connectivity index (χ4v) is 8.38. The van der Waals surface area contributed by atoms with E-state index < -0.39 is 0 Å². The normalized spacial score (nSPS) is 63.4. The molecule has 0 radical (unpaired) electrons. The van der Waals surface area contributed by atoms with Gasteiger partial charge >= 0.3 is 0 Å². The highest BCUT2D eigenvalue weighted by Crippen LogP contribution is 2.58. The number of rotatable bonds is 2. The van der Waals surface area contributed by atoms with Crippen molar-refractivity contribution in [3.05, 3.63) is 0 Å². The molecule has 0 heterocycles. The zero-order valence-corrected chi connectivity index (χ0v) is 13.3. The van der Waals surface area contributed by atoms with Crippen molar-refractivity contribution < 1.29 is 4.74 Å². The molecule has 0 aliphatic heterocycles. The second kappa shape index (κ2) is 4.28. The van der Waals surface area contributed by atoms with Crippen molar-refractivity contribution in [1.82, 2.24) is 0 Å². The first-order chi connectivity index (χ1) is 10.3. The van der Waals surface area contributed by atoms with Crippen LogP contribution in [-0.2, 0) is 4.74 Å². The van der Waals surface area contributed by atoms with E-state index in [2.05, 4.69) is 0 Å². The van der Waals surface area contributed by atoms with Crippen molar-refractivity contribution >= 4 is 0 Å². The Bertz CT molecular complexity index is 345. The Labute approximate surface area is 129 Å². The molecule has 0 aromatic rings. The van der Waals surface area contributed by atoms with Gasteiger partial charge in [-0.05, 0) is 112 Å². The van der Waals surface area contributed by atoms with E-state index in [4.69, 9.17) is 4.74 Å². The zero-order chi connectivity index (χ0) is 13.6. The highest BCUT2D eigenvalue weighted by molar-refractivity contribution is 5.03. The summed E-state index contributed by atoms with van der Waals surface area (Å²) in [7, 11) is 0. The Morgan fingerprint density at radius 2 is 0.667 bits per heavy atom. The molecule has 0 aromatic heterocycles. The molecule has 0 unspecified atom stereocenters. The Hall–Kier alpha value is -0.0400. The minimum absolute atomic E-state index is 0.681. The molecule has 0 N–H and O–H groups in total. The van der Waals surface area contributed by atoms with Gasteiger partial charge in [0.05, 0.1) is 12.2 Å². The topological polar surface area (TPSA) is 9.23 Å². The Morgan fingerprint density at radius 3 is 0.952 bits per heavy atom. The van der Waals surface area contributed by atoms with Crippen molar-refractivity contribution in [1.29, 1.82) is 0 Å². The third-order valence-electron chi connectivity index (χ3n) is 8.59. The molecule has 21 heavy (non-hydrogen) atoms. The van der Waals surface area contributed by atoms with Crippen LogP contribution < -0.4 is 0 Å². The molecule has 8 fully saturated rings. The van der Waals surface area contributed by atoms with Gasteiger partial charge < -0.3 is 4.74 Å². The van der Waals surface area contributed by atoms with E-state index in [-0.39, 0.29) is 0 Å². The van der Waals surface area contributed by atoms with E-state index in [0.717, 1.165) is 47.3 Å². The van der Waals surface area contributed by atoms with Crippen molar-refractivity contribution in [2.24, 2.45) is 47.3 Å². The molecule has 1 nitrogen and oxygen atoms in total. The van der Waals surface area contributed by atoms with E-state index in [0.29, 0.717) is 12.2 Å². The fraction of sp³-hybridized carbons (Fsp3) is 1.00. The first-order valence-corrected chi connectivity index (χ1v) is 9.97. The largest absolute Gasteiger partial charge is 0.374 e. The van der Waals surface area contributed by atoms with Crippen LogP contribution in [0.3, 0.4) is 0 Å². The summed E-state index contributed by atoms with van der Waals surface area (Å²) in [6.45, 7) is 0. The lowest BCUT2D eigenvalue weighted by atomic mass is 9.53. The van der Waals surface area contributed by atoms with Crippen LogP contribution in [0.2, 0.25) is 0 Å². The van der Waals surface area contributed by atoms with Crippen LogP contribution in [-0.4, -0.2) is 12.2 Å². The van der Waals surface area contributed by atoms with Crippen LogP contribution in [0.5, 0.6) is 0 Å². The minimum Gasteiger partial charge on any atom is -0.374 e. The molecular formula is C20H30O. The Balaban J connectivity index is 1.23. The third kappa shape index (κ3) is 1.79. The van der Waals surface area contributed by atoms with E-state index in [1.807, 2.05) is 0 Å². The first kappa shape index (κ1) is 12.4. The van der Waals surface area contributed by atoms with Crippen molar-refractivity contribution in [2.45, 2.75) is 76.4 Å². The van der Waals surface area contributed by atoms with Crippen LogP contribution in [0.25, 0.3) is 0 Å². The first-order valence-electron chi connectivity index (χ1n) is 9.97. The molecular weight excluding hydrogens is 256 g/mol. The van der Waals surface area contributed by atoms with Gasteiger partial charge in [-0.25, -0.2) is 0 Å². The van der Waals surface area contributed by atoms with Crippen molar-refractivity contribution in [3.8, 4) is 0 Å². The number of ether oxygens (including phenoxy) is 1. The van der Waals surface area contributed by atoms with Crippen LogP contribution in [0.1, 0.15) is 64.2 Å². The van der Waals surface area contributed by atoms with Crippen LogP contribution in [0.4, 0.5) is 0 Å². The molecule has 8 bridgehead atoms. The smallest absolute Gasteiger partial charge is 0.0635 e. The molecule has 1 heteroatoms. The van der Waals surface area contributed by atoms with Gasteiger partial charge in [0.25, 0.3) is 0 Å². The zero-order valence-electron chi connectivity index (χ0n) is 13.3. The SMILES string of the molecule is C1C2CC3CC1CC(C2)C3OC1C2CC3CC(C2)CC1C3. The third-order valence-corrected chi connectivity index (χ3v) is 8.59. The van der Waals surface area contributed by atoms with E-state index in [9.17, 15) is 0 Å². The summed E-state index contributed by atoms with van der Waals surface area (Å²) in [6, 6.07) is 0. The summed E-state index contributed by atoms with van der Waals surface area (Å²) in [4.78, 5) is 0. The lowest BCUT2D eigenvalue weighted by Gasteiger charge is -2.58. The summed E-state index contributed by atoms with van der Waals surface area (Å²) >= 11 is 0. The Kier molecular flexibility index (Phi) is 2.52. The maximum absolute atomic E-state index is 7.00. The molecule has 0 saturated heterocycles. The van der Waals surface area contributed by atoms with E-state index in [1.54, 1.807) is 12.8 Å². The van der Waals surface area contributed by atoms with Gasteiger partial charge in [0.1, 0.15) is 0 Å². The van der Waals surface area contributed by atoms with Crippen LogP contribution in [0.15, 0.2) is 0 Å². The summed E-state index contributed by atoms with van der Waals surface area (Å²) in [6.07, 6.45) is 16.6. The quantitative estimate of drug-likeness (QED) is 0.718. The summed E-state index contributed by atoms with van der Waals surface area (Å²) in [5.41, 5.74) is 0. The molecule has 8 rings (SSSR count). The lowest BCUT2D eigenvalue weighted by Crippen LogP contribution is -2.55. The van der Waals surface area contributed by atoms with Crippen LogP contribution in [0, 0.1) is 47.3 Å². The van der Waals surface area contributed by atoms with Gasteiger partial charge in [0.15, 0.2) is 0 Å². The molecule has 8 aliphatic rings. The monoisotopic (exact) mass is 286 g/mol. The molecule has 0 amide bonds. The standard InChI is InChI=1S/C20H30O/c1-11-3-15-5-12(1)6-16(4-11)19(15)21-20-17-7-13-2-14(9-17)10-18(20)8-13/h11-20H,1-10H2. The summed E-state index contributed by atoms with van der Waals surface area (Å²) in [5, 5.41) is 0. The maximum atomic E-state index is 7.00. The molecule has 8 saturated carbocycles. The van der Waals surface area contributed by atoms with Gasteiger partial charge in [0.2, 0.25) is 0 Å². The van der Waals surface area contributed by atoms with Gasteiger partial charge in [-0.15, -0.1) is 0 Å². The molecule has 0 spiro atoms. The highest BCUT2D eigenvalue weighted by atomic mass is 16.5. The van der Waals surface area contributed by atoms with Gasteiger partial charge in [-0.3, -0.25) is 0 Å². The lowest BCUT2D eigenvalue weighted by molar-refractivity contribution is -0.207. The van der Waals surface area contributed by atoms with Crippen molar-refractivity contribution in [3.63, 3.8) is 0 Å². The molecule has 8 aliphatic carbocycles. The Morgan fingerprint density at radius 1 is 0.381 bits per heavy atom. The summed E-state index contributed by atoms with van der Waals surface area (Å²) in [5.74, 6) is 8.18. The predicted octanol–water partition coefficient (Wildman–Crippen LogP) is 4.65. The summed E-state index contributed by atoms with van der Waals surface area (Å²) < 4.78 is 7.00. The number of hydrogen-bond donors (Lipinski definition) is 0. The van der Waals surface area contributed by atoms with Crippen molar-refractivity contribution in [2.75, 3.05) is 0 Å². The van der Waals surface area contributed by atoms with E-state index in [1.165, 1.54) is 51.4 Å². The maximum Gasteiger partial charge on any atom is 0.0635 e. The van der Waals surface area contributed by atoms with Gasteiger partial charge in [0, 0.05) is 0 Å². The molecule has 116 valence electrons. The second-order valence-electron chi connectivity index (χ2n) is 9.93. The second-order valence-corrected chi connectivity index (χ2v) is 9.93. The number of hydrogen-bond acceptors (Lipinski definition) is 1. The fourth-order valence-electron chi connectivity index (χ4n) is 8.38. The molecule has 0 aromatic carbocycles. The van der Waals surface area contributed by atoms with Crippen LogP contribution >= 0.6 is 0 Å². The highest BCUT2D eigenvalue weighted by Gasteiger charge is 2.53. The van der Waals surface area contributed by atoms with E-state index >= 15 is 0 Å².